The normalized spacial score (nSPS) is 18.9. The van der Waals surface area contributed by atoms with Crippen molar-refractivity contribution in [1.82, 2.24) is 15.5 Å². The Morgan fingerprint density at radius 2 is 1.77 bits per heavy atom. The molecule has 0 unspecified atom stereocenters. The summed E-state index contributed by atoms with van der Waals surface area (Å²) in [5.41, 5.74) is 0. The van der Waals surface area contributed by atoms with Gasteiger partial charge in [0, 0.05) is 6.04 Å². The van der Waals surface area contributed by atoms with Gasteiger partial charge in [-0.2, -0.15) is 0 Å². The zero-order valence-electron chi connectivity index (χ0n) is 8.13. The monoisotopic (exact) mass is 185 g/mol. The van der Waals surface area contributed by atoms with Gasteiger partial charge in [0.15, 0.2) is 0 Å². The zero-order valence-corrected chi connectivity index (χ0v) is 8.13. The number of carbonyl (C=O) groups is 2. The van der Waals surface area contributed by atoms with E-state index >= 15 is 0 Å². The minimum atomic E-state index is -0.314. The standard InChI is InChI=1S/C8H15N3O2/c1-4-6-9-7(12)11(5(2)3)8(13)10-6/h5-6H,4H2,1-3H3,(H,9,12)(H,10,13). The van der Waals surface area contributed by atoms with Crippen molar-refractivity contribution in [1.29, 1.82) is 0 Å². The second-order valence-corrected chi connectivity index (χ2v) is 3.32. The highest BCUT2D eigenvalue weighted by Crippen LogP contribution is 2.05. The fraction of sp³-hybridized carbons (Fsp3) is 0.750. The van der Waals surface area contributed by atoms with E-state index in [0.29, 0.717) is 6.42 Å². The highest BCUT2D eigenvalue weighted by atomic mass is 16.2. The molecule has 0 atom stereocenters. The smallest absolute Gasteiger partial charge is 0.317 e. The van der Waals surface area contributed by atoms with E-state index in [-0.39, 0.29) is 24.3 Å². The number of hydrogen-bond acceptors (Lipinski definition) is 2. The van der Waals surface area contributed by atoms with Crippen molar-refractivity contribution in [2.45, 2.75) is 39.4 Å². The van der Waals surface area contributed by atoms with Crippen molar-refractivity contribution in [3.63, 3.8) is 0 Å². The molecular weight excluding hydrogens is 170 g/mol. The highest BCUT2D eigenvalue weighted by molar-refractivity contribution is 5.96. The number of carbonyl (C=O) groups excluding carboxylic acids is 2. The summed E-state index contributed by atoms with van der Waals surface area (Å²) in [6.07, 6.45) is 0.471. The first-order chi connectivity index (χ1) is 6.06. The second-order valence-electron chi connectivity index (χ2n) is 3.32. The quantitative estimate of drug-likeness (QED) is 0.670. The van der Waals surface area contributed by atoms with Crippen LogP contribution in [0.4, 0.5) is 9.59 Å². The third-order valence-corrected chi connectivity index (χ3v) is 1.96. The molecule has 0 saturated carbocycles. The van der Waals surface area contributed by atoms with Gasteiger partial charge in [-0.3, -0.25) is 0 Å². The molecule has 13 heavy (non-hydrogen) atoms. The van der Waals surface area contributed by atoms with E-state index in [0.717, 1.165) is 0 Å². The van der Waals surface area contributed by atoms with Gasteiger partial charge < -0.3 is 10.6 Å². The lowest BCUT2D eigenvalue weighted by molar-refractivity contribution is 0.153. The lowest BCUT2D eigenvalue weighted by Crippen LogP contribution is -2.64. The number of hydrogen-bond donors (Lipinski definition) is 2. The average molecular weight is 185 g/mol. The molecule has 74 valence electrons. The average Bonchev–Trinajstić information content (AvgIpc) is 2.02. The summed E-state index contributed by atoms with van der Waals surface area (Å²) < 4.78 is 0. The number of urea groups is 2. The van der Waals surface area contributed by atoms with Crippen LogP contribution in [0.2, 0.25) is 0 Å². The molecule has 1 rings (SSSR count). The predicted octanol–water partition coefficient (Wildman–Crippen LogP) is 0.866. The predicted molar refractivity (Wildman–Crippen MR) is 48.1 cm³/mol. The molecule has 0 spiro atoms. The topological polar surface area (TPSA) is 61.4 Å². The molecule has 1 saturated heterocycles. The number of rotatable bonds is 2. The van der Waals surface area contributed by atoms with Crippen LogP contribution in [0, 0.1) is 0 Å². The molecule has 0 aromatic rings. The molecule has 0 radical (unpaired) electrons. The van der Waals surface area contributed by atoms with E-state index in [1.54, 1.807) is 13.8 Å². The Balaban J connectivity index is 2.70. The number of amides is 4. The maximum Gasteiger partial charge on any atom is 0.327 e. The Bertz CT molecular complexity index is 209. The first kappa shape index (κ1) is 9.83. The molecule has 5 heteroatoms. The molecule has 4 amide bonds. The van der Waals surface area contributed by atoms with Gasteiger partial charge in [-0.25, -0.2) is 14.5 Å². The Hall–Kier alpha value is -1.26. The Labute approximate surface area is 77.5 Å². The first-order valence-corrected chi connectivity index (χ1v) is 4.46. The van der Waals surface area contributed by atoms with Gasteiger partial charge >= 0.3 is 12.1 Å². The third-order valence-electron chi connectivity index (χ3n) is 1.96. The molecule has 1 aliphatic rings. The number of nitrogens with zero attached hydrogens (tertiary/aromatic N) is 1. The Morgan fingerprint density at radius 1 is 1.31 bits per heavy atom. The molecule has 5 nitrogen and oxygen atoms in total. The summed E-state index contributed by atoms with van der Waals surface area (Å²) in [6.45, 7) is 5.49. The van der Waals surface area contributed by atoms with Crippen LogP contribution in [0.15, 0.2) is 0 Å². The summed E-state index contributed by atoms with van der Waals surface area (Å²) >= 11 is 0. The maximum atomic E-state index is 11.4. The lowest BCUT2D eigenvalue weighted by Gasteiger charge is -2.34. The van der Waals surface area contributed by atoms with Crippen LogP contribution in [0.5, 0.6) is 0 Å². The summed E-state index contributed by atoms with van der Waals surface area (Å²) in [5.74, 6) is 0. The molecule has 0 aromatic carbocycles. The molecule has 1 heterocycles. The maximum absolute atomic E-state index is 11.4. The molecule has 1 aliphatic heterocycles. The molecule has 2 N–H and O–H groups in total. The van der Waals surface area contributed by atoms with E-state index in [4.69, 9.17) is 0 Å². The van der Waals surface area contributed by atoms with Gasteiger partial charge in [0.05, 0.1) is 0 Å². The van der Waals surface area contributed by atoms with E-state index < -0.39 is 0 Å². The Kier molecular flexibility index (Phi) is 2.75. The summed E-state index contributed by atoms with van der Waals surface area (Å²) in [5, 5.41) is 5.37. The van der Waals surface area contributed by atoms with Crippen molar-refractivity contribution >= 4 is 12.1 Å². The van der Waals surface area contributed by atoms with Crippen molar-refractivity contribution in [2.24, 2.45) is 0 Å². The SMILES string of the molecule is CCC1NC(=O)N(C(C)C)C(=O)N1. The van der Waals surface area contributed by atoms with Gasteiger partial charge in [-0.15, -0.1) is 0 Å². The fourth-order valence-corrected chi connectivity index (χ4v) is 1.24. The minimum Gasteiger partial charge on any atom is -0.317 e. The van der Waals surface area contributed by atoms with Crippen LogP contribution >= 0.6 is 0 Å². The molecule has 1 fully saturated rings. The van der Waals surface area contributed by atoms with E-state index in [9.17, 15) is 9.59 Å². The van der Waals surface area contributed by atoms with Gasteiger partial charge in [0.25, 0.3) is 0 Å². The second kappa shape index (κ2) is 3.64. The summed E-state index contributed by atoms with van der Waals surface area (Å²) in [7, 11) is 0. The van der Waals surface area contributed by atoms with Gasteiger partial charge in [-0.1, -0.05) is 6.92 Å². The van der Waals surface area contributed by atoms with Crippen molar-refractivity contribution in [2.75, 3.05) is 0 Å². The van der Waals surface area contributed by atoms with Gasteiger partial charge in [0.1, 0.15) is 6.17 Å². The molecule has 0 aromatic heterocycles. The van der Waals surface area contributed by atoms with Crippen molar-refractivity contribution in [3.05, 3.63) is 0 Å². The molecule has 0 bridgehead atoms. The van der Waals surface area contributed by atoms with Crippen LogP contribution in [0.1, 0.15) is 27.2 Å². The molecule has 0 aliphatic carbocycles. The van der Waals surface area contributed by atoms with E-state index in [1.165, 1.54) is 4.90 Å². The van der Waals surface area contributed by atoms with Crippen LogP contribution in [-0.2, 0) is 0 Å². The van der Waals surface area contributed by atoms with Gasteiger partial charge in [0.2, 0.25) is 0 Å². The minimum absolute atomic E-state index is 0.113. The lowest BCUT2D eigenvalue weighted by atomic mass is 10.3. The highest BCUT2D eigenvalue weighted by Gasteiger charge is 2.31. The van der Waals surface area contributed by atoms with Crippen LogP contribution in [0.25, 0.3) is 0 Å². The third kappa shape index (κ3) is 1.91. The van der Waals surface area contributed by atoms with E-state index in [1.807, 2.05) is 6.92 Å². The van der Waals surface area contributed by atoms with Crippen LogP contribution < -0.4 is 10.6 Å². The van der Waals surface area contributed by atoms with E-state index in [2.05, 4.69) is 10.6 Å². The summed E-state index contributed by atoms with van der Waals surface area (Å²) in [4.78, 5) is 23.9. The Morgan fingerprint density at radius 3 is 2.08 bits per heavy atom. The van der Waals surface area contributed by atoms with Crippen LogP contribution in [0.3, 0.4) is 0 Å². The fourth-order valence-electron chi connectivity index (χ4n) is 1.24. The molecular formula is C8H15N3O2. The van der Waals surface area contributed by atoms with Crippen LogP contribution in [-0.4, -0.2) is 29.2 Å². The summed E-state index contributed by atoms with van der Waals surface area (Å²) in [6, 6.07) is -0.742. The number of nitrogens with one attached hydrogen (secondary N) is 2. The first-order valence-electron chi connectivity index (χ1n) is 4.46. The van der Waals surface area contributed by atoms with Crippen molar-refractivity contribution in [3.8, 4) is 0 Å². The number of imide groups is 1. The van der Waals surface area contributed by atoms with Gasteiger partial charge in [-0.05, 0) is 20.3 Å². The zero-order chi connectivity index (χ0) is 10.0. The largest absolute Gasteiger partial charge is 0.327 e. The van der Waals surface area contributed by atoms with Crippen molar-refractivity contribution < 1.29 is 9.59 Å².